The molecule has 1 aliphatic carbocycles. The first-order valence-corrected chi connectivity index (χ1v) is 10.2. The minimum atomic E-state index is -0.723. The highest BCUT2D eigenvalue weighted by molar-refractivity contribution is 6.05. The van der Waals surface area contributed by atoms with E-state index in [-0.39, 0.29) is 17.6 Å². The Balaban J connectivity index is 2.15. The Morgan fingerprint density at radius 1 is 1.03 bits per heavy atom. The molecule has 6 N–H and O–H groups in total. The number of anilines is 2. The Morgan fingerprint density at radius 3 is 2.19 bits per heavy atom. The van der Waals surface area contributed by atoms with Crippen LogP contribution in [-0.4, -0.2) is 31.1 Å². The van der Waals surface area contributed by atoms with Gasteiger partial charge in [-0.15, -0.1) is 0 Å². The summed E-state index contributed by atoms with van der Waals surface area (Å²) in [5.41, 5.74) is 13.6. The minimum absolute atomic E-state index is 0.142. The van der Waals surface area contributed by atoms with Gasteiger partial charge in [0.05, 0.1) is 23.8 Å². The third-order valence-electron chi connectivity index (χ3n) is 5.32. The molecule has 0 fully saturated rings. The van der Waals surface area contributed by atoms with Gasteiger partial charge >= 0.3 is 5.97 Å². The van der Waals surface area contributed by atoms with E-state index in [1.807, 2.05) is 60.7 Å². The van der Waals surface area contributed by atoms with Gasteiger partial charge in [-0.1, -0.05) is 36.4 Å². The molecule has 0 spiro atoms. The Hall–Kier alpha value is -3.58. The summed E-state index contributed by atoms with van der Waals surface area (Å²) < 4.78 is 4.96. The number of rotatable bonds is 9. The molecule has 0 heterocycles. The van der Waals surface area contributed by atoms with Crippen molar-refractivity contribution in [2.45, 2.75) is 24.8 Å². The number of amides is 1. The van der Waals surface area contributed by atoms with Gasteiger partial charge in [0.25, 0.3) is 0 Å². The van der Waals surface area contributed by atoms with Crippen molar-refractivity contribution < 1.29 is 14.3 Å². The molecule has 0 bridgehead atoms. The van der Waals surface area contributed by atoms with E-state index in [1.165, 1.54) is 7.11 Å². The van der Waals surface area contributed by atoms with E-state index in [2.05, 4.69) is 10.6 Å². The highest BCUT2D eigenvalue weighted by Crippen LogP contribution is 2.40. The van der Waals surface area contributed by atoms with Crippen LogP contribution in [0.15, 0.2) is 83.6 Å². The lowest BCUT2D eigenvalue weighted by molar-refractivity contribution is -0.136. The Bertz CT molecular complexity index is 986. The zero-order valence-electron chi connectivity index (χ0n) is 17.6. The molecule has 31 heavy (non-hydrogen) atoms. The van der Waals surface area contributed by atoms with E-state index in [0.29, 0.717) is 19.4 Å². The SMILES string of the molecule is COC(=O)C1=C(C(N)=O)C=C(Nc2ccccc2)C(CCCN)(Nc2ccccc2)C1. The standard InChI is InChI=1S/C24H28N4O3/c1-31-23(30)20-16-24(13-8-14-25,28-18-11-6-3-7-12-18)21(15-19(20)22(26)29)27-17-9-4-2-5-10-17/h2-7,9-12,15,27-28H,8,13-14,16,25H2,1H3,(H2,26,29). The summed E-state index contributed by atoms with van der Waals surface area (Å²) in [4.78, 5) is 24.8. The normalized spacial score (nSPS) is 18.2. The number of nitrogens with two attached hydrogens (primary N) is 2. The molecule has 2 aromatic rings. The van der Waals surface area contributed by atoms with Gasteiger partial charge in [-0.3, -0.25) is 4.79 Å². The van der Waals surface area contributed by atoms with Gasteiger partial charge < -0.3 is 26.8 Å². The molecule has 2 aromatic carbocycles. The fraction of sp³-hybridized carbons (Fsp3) is 0.250. The highest BCUT2D eigenvalue weighted by Gasteiger charge is 2.41. The topological polar surface area (TPSA) is 119 Å². The third kappa shape index (κ3) is 5.13. The summed E-state index contributed by atoms with van der Waals surface area (Å²) >= 11 is 0. The van der Waals surface area contributed by atoms with Gasteiger partial charge in [0.2, 0.25) is 5.91 Å². The predicted molar refractivity (Wildman–Crippen MR) is 122 cm³/mol. The summed E-state index contributed by atoms with van der Waals surface area (Å²) in [5, 5.41) is 7.01. The van der Waals surface area contributed by atoms with Crippen LogP contribution in [0.1, 0.15) is 19.3 Å². The molecule has 7 nitrogen and oxygen atoms in total. The maximum Gasteiger partial charge on any atom is 0.334 e. The van der Waals surface area contributed by atoms with Gasteiger partial charge in [0.15, 0.2) is 0 Å². The maximum atomic E-state index is 12.6. The van der Waals surface area contributed by atoms with Gasteiger partial charge in [-0.25, -0.2) is 4.79 Å². The lowest BCUT2D eigenvalue weighted by Crippen LogP contribution is -2.47. The molecule has 3 rings (SSSR count). The molecule has 0 radical (unpaired) electrons. The monoisotopic (exact) mass is 420 g/mol. The van der Waals surface area contributed by atoms with Crippen molar-refractivity contribution in [3.8, 4) is 0 Å². The van der Waals surface area contributed by atoms with Crippen molar-refractivity contribution >= 4 is 23.3 Å². The molecular weight excluding hydrogens is 392 g/mol. The van der Waals surface area contributed by atoms with Crippen LogP contribution in [0, 0.1) is 0 Å². The van der Waals surface area contributed by atoms with Crippen molar-refractivity contribution in [3.05, 3.63) is 83.6 Å². The van der Waals surface area contributed by atoms with Gasteiger partial charge in [-0.05, 0) is 49.7 Å². The lowest BCUT2D eigenvalue weighted by Gasteiger charge is -2.41. The van der Waals surface area contributed by atoms with Gasteiger partial charge in [0, 0.05) is 23.5 Å². The molecule has 162 valence electrons. The number of primary amides is 1. The molecule has 1 amide bonds. The van der Waals surface area contributed by atoms with E-state index < -0.39 is 17.4 Å². The summed E-state index contributed by atoms with van der Waals surface area (Å²) in [7, 11) is 1.29. The largest absolute Gasteiger partial charge is 0.466 e. The average molecular weight is 421 g/mol. The van der Waals surface area contributed by atoms with Crippen LogP contribution in [0.5, 0.6) is 0 Å². The Morgan fingerprint density at radius 2 is 1.65 bits per heavy atom. The Labute approximate surface area is 182 Å². The number of benzene rings is 2. The van der Waals surface area contributed by atoms with E-state index in [1.54, 1.807) is 6.08 Å². The first-order chi connectivity index (χ1) is 15.0. The Kier molecular flexibility index (Phi) is 7.10. The summed E-state index contributed by atoms with van der Waals surface area (Å²) in [5.74, 6) is -1.25. The molecule has 0 saturated carbocycles. The number of hydrogen-bond donors (Lipinski definition) is 4. The van der Waals surface area contributed by atoms with Crippen LogP contribution >= 0.6 is 0 Å². The van der Waals surface area contributed by atoms with Crippen molar-refractivity contribution in [3.63, 3.8) is 0 Å². The molecule has 1 aliphatic rings. The van der Waals surface area contributed by atoms with Crippen molar-refractivity contribution in [1.82, 2.24) is 0 Å². The zero-order valence-corrected chi connectivity index (χ0v) is 17.6. The smallest absolute Gasteiger partial charge is 0.334 e. The lowest BCUT2D eigenvalue weighted by atomic mass is 9.76. The molecule has 7 heteroatoms. The van der Waals surface area contributed by atoms with E-state index in [9.17, 15) is 9.59 Å². The third-order valence-corrected chi connectivity index (χ3v) is 5.32. The zero-order chi connectivity index (χ0) is 22.3. The number of carbonyl (C=O) groups is 2. The van der Waals surface area contributed by atoms with Crippen LogP contribution in [0.4, 0.5) is 11.4 Å². The molecule has 1 unspecified atom stereocenters. The number of esters is 1. The number of ether oxygens (including phenoxy) is 1. The van der Waals surface area contributed by atoms with Crippen LogP contribution < -0.4 is 22.1 Å². The number of nitrogens with one attached hydrogen (secondary N) is 2. The number of methoxy groups -OCH3 is 1. The molecule has 0 saturated heterocycles. The minimum Gasteiger partial charge on any atom is -0.466 e. The average Bonchev–Trinajstić information content (AvgIpc) is 2.79. The van der Waals surface area contributed by atoms with E-state index in [0.717, 1.165) is 17.1 Å². The predicted octanol–water partition coefficient (Wildman–Crippen LogP) is 2.93. The number of para-hydroxylation sites is 2. The van der Waals surface area contributed by atoms with Crippen molar-refractivity contribution in [1.29, 1.82) is 0 Å². The van der Waals surface area contributed by atoms with E-state index in [4.69, 9.17) is 16.2 Å². The molecule has 0 aliphatic heterocycles. The van der Waals surface area contributed by atoms with Gasteiger partial charge in [0.1, 0.15) is 0 Å². The van der Waals surface area contributed by atoms with Crippen LogP contribution in [0.2, 0.25) is 0 Å². The molecule has 1 atom stereocenters. The second kappa shape index (κ2) is 9.95. The van der Waals surface area contributed by atoms with Crippen LogP contribution in [0.3, 0.4) is 0 Å². The molecule has 0 aromatic heterocycles. The fourth-order valence-electron chi connectivity index (χ4n) is 3.82. The van der Waals surface area contributed by atoms with Crippen LogP contribution in [0.25, 0.3) is 0 Å². The summed E-state index contributed by atoms with van der Waals surface area (Å²) in [6, 6.07) is 19.3. The first-order valence-electron chi connectivity index (χ1n) is 10.2. The maximum absolute atomic E-state index is 12.6. The van der Waals surface area contributed by atoms with Crippen LogP contribution in [-0.2, 0) is 14.3 Å². The summed E-state index contributed by atoms with van der Waals surface area (Å²) in [6.07, 6.45) is 3.20. The van der Waals surface area contributed by atoms with E-state index >= 15 is 0 Å². The van der Waals surface area contributed by atoms with Gasteiger partial charge in [-0.2, -0.15) is 0 Å². The quantitative estimate of drug-likeness (QED) is 0.463. The van der Waals surface area contributed by atoms with Crippen molar-refractivity contribution in [2.75, 3.05) is 24.3 Å². The highest BCUT2D eigenvalue weighted by atomic mass is 16.5. The first kappa shape index (κ1) is 22.1. The molecular formula is C24H28N4O3. The van der Waals surface area contributed by atoms with Crippen molar-refractivity contribution in [2.24, 2.45) is 11.5 Å². The fourth-order valence-corrected chi connectivity index (χ4v) is 3.82. The summed E-state index contributed by atoms with van der Waals surface area (Å²) in [6.45, 7) is 0.483. The second-order valence-electron chi connectivity index (χ2n) is 7.44. The number of hydrogen-bond acceptors (Lipinski definition) is 6. The number of carbonyl (C=O) groups excluding carboxylic acids is 2. The second-order valence-corrected chi connectivity index (χ2v) is 7.44.